The number of likely N-dealkylation sites (N-methyl/N-ethyl adjacent to an activating group) is 1. The normalized spacial score (nSPS) is 12.7. The molecule has 0 amide bonds. The van der Waals surface area contributed by atoms with Crippen LogP contribution in [0, 0.1) is 6.92 Å². The highest BCUT2D eigenvalue weighted by Crippen LogP contribution is 2.28. The Kier molecular flexibility index (Phi) is 7.59. The van der Waals surface area contributed by atoms with Crippen LogP contribution in [-0.2, 0) is 0 Å². The number of nitrogens with zero attached hydrogens (tertiary/aromatic N) is 1. The lowest BCUT2D eigenvalue weighted by Gasteiger charge is -2.22. The maximum absolute atomic E-state index is 10.4. The van der Waals surface area contributed by atoms with Crippen molar-refractivity contribution in [2.75, 3.05) is 32.8 Å². The first-order valence-electron chi connectivity index (χ1n) is 7.37. The van der Waals surface area contributed by atoms with E-state index < -0.39 is 6.10 Å². The van der Waals surface area contributed by atoms with Crippen molar-refractivity contribution < 1.29 is 14.9 Å². The van der Waals surface area contributed by atoms with E-state index in [2.05, 4.69) is 11.8 Å². The number of rotatable bonds is 9. The van der Waals surface area contributed by atoms with Gasteiger partial charge in [-0.25, -0.2) is 0 Å². The van der Waals surface area contributed by atoms with Crippen LogP contribution in [0.15, 0.2) is 18.2 Å². The number of ether oxygens (including phenoxy) is 1. The van der Waals surface area contributed by atoms with Crippen molar-refractivity contribution >= 4 is 0 Å². The van der Waals surface area contributed by atoms with Crippen LogP contribution in [0.4, 0.5) is 0 Å². The van der Waals surface area contributed by atoms with Crippen LogP contribution in [0.3, 0.4) is 0 Å². The Labute approximate surface area is 122 Å². The molecule has 1 aromatic carbocycles. The molecule has 0 saturated heterocycles. The Morgan fingerprint density at radius 1 is 1.25 bits per heavy atom. The molecule has 1 aromatic rings. The fraction of sp³-hybridized carbons (Fsp3) is 0.625. The largest absolute Gasteiger partial charge is 0.493 e. The van der Waals surface area contributed by atoms with Crippen LogP contribution in [0.1, 0.15) is 37.5 Å². The zero-order valence-electron chi connectivity index (χ0n) is 12.8. The first-order valence-corrected chi connectivity index (χ1v) is 7.37. The third kappa shape index (κ3) is 5.12. The lowest BCUT2D eigenvalue weighted by atomic mass is 10.0. The van der Waals surface area contributed by atoms with Gasteiger partial charge < -0.3 is 19.8 Å². The number of aliphatic hydroxyl groups is 2. The first-order chi connectivity index (χ1) is 9.62. The zero-order chi connectivity index (χ0) is 15.0. The third-order valence-electron chi connectivity index (χ3n) is 3.41. The van der Waals surface area contributed by atoms with Crippen LogP contribution in [0.5, 0.6) is 5.75 Å². The molecular formula is C16H27NO3. The molecule has 0 radical (unpaired) electrons. The molecule has 0 fully saturated rings. The maximum atomic E-state index is 10.4. The molecule has 0 aliphatic carbocycles. The van der Waals surface area contributed by atoms with Gasteiger partial charge in [0.1, 0.15) is 5.75 Å². The second-order valence-corrected chi connectivity index (χ2v) is 4.94. The Morgan fingerprint density at radius 3 is 2.60 bits per heavy atom. The maximum Gasteiger partial charge on any atom is 0.125 e. The molecule has 1 atom stereocenters. The predicted octanol–water partition coefficient (Wildman–Crippen LogP) is 2.13. The monoisotopic (exact) mass is 281 g/mol. The SMILES string of the molecule is CCOc1ccc(C)cc1C(O)CCN(CC)CCO. The van der Waals surface area contributed by atoms with Crippen molar-refractivity contribution in [2.45, 2.75) is 33.3 Å². The van der Waals surface area contributed by atoms with E-state index in [1.807, 2.05) is 32.0 Å². The van der Waals surface area contributed by atoms with Gasteiger partial charge in [0, 0.05) is 18.7 Å². The molecule has 0 heterocycles. The Bertz CT molecular complexity index is 395. The smallest absolute Gasteiger partial charge is 0.125 e. The molecule has 4 nitrogen and oxygen atoms in total. The summed E-state index contributed by atoms with van der Waals surface area (Å²) in [5.41, 5.74) is 1.97. The summed E-state index contributed by atoms with van der Waals surface area (Å²) in [6.07, 6.45) is 0.0985. The lowest BCUT2D eigenvalue weighted by molar-refractivity contribution is 0.130. The molecular weight excluding hydrogens is 254 g/mol. The molecule has 0 bridgehead atoms. The molecule has 1 unspecified atom stereocenters. The van der Waals surface area contributed by atoms with E-state index in [4.69, 9.17) is 9.84 Å². The van der Waals surface area contributed by atoms with Gasteiger partial charge in [-0.1, -0.05) is 18.6 Å². The fourth-order valence-electron chi connectivity index (χ4n) is 2.25. The summed E-state index contributed by atoms with van der Waals surface area (Å²) in [6, 6.07) is 5.89. The summed E-state index contributed by atoms with van der Waals surface area (Å²) in [5, 5.41) is 19.4. The fourth-order valence-corrected chi connectivity index (χ4v) is 2.25. The molecule has 0 spiro atoms. The second-order valence-electron chi connectivity index (χ2n) is 4.94. The first kappa shape index (κ1) is 17.0. The van der Waals surface area contributed by atoms with Crippen molar-refractivity contribution in [2.24, 2.45) is 0 Å². The summed E-state index contributed by atoms with van der Waals surface area (Å²) in [5.74, 6) is 0.760. The van der Waals surface area contributed by atoms with Crippen molar-refractivity contribution in [3.05, 3.63) is 29.3 Å². The van der Waals surface area contributed by atoms with Crippen molar-refractivity contribution in [1.82, 2.24) is 4.90 Å². The summed E-state index contributed by atoms with van der Waals surface area (Å²) < 4.78 is 5.58. The molecule has 1 rings (SSSR count). The van der Waals surface area contributed by atoms with Crippen LogP contribution >= 0.6 is 0 Å². The van der Waals surface area contributed by atoms with Gasteiger partial charge in [-0.05, 0) is 38.9 Å². The van der Waals surface area contributed by atoms with E-state index in [-0.39, 0.29) is 6.61 Å². The van der Waals surface area contributed by atoms with Crippen LogP contribution in [0.2, 0.25) is 0 Å². The number of hydrogen-bond acceptors (Lipinski definition) is 4. The van der Waals surface area contributed by atoms with Gasteiger partial charge in [-0.15, -0.1) is 0 Å². The lowest BCUT2D eigenvalue weighted by Crippen LogP contribution is -2.28. The number of aryl methyl sites for hydroxylation is 1. The second kappa shape index (κ2) is 8.95. The molecule has 0 aromatic heterocycles. The van der Waals surface area contributed by atoms with E-state index in [1.165, 1.54) is 0 Å². The molecule has 0 saturated carbocycles. The van der Waals surface area contributed by atoms with Crippen LogP contribution < -0.4 is 4.74 Å². The van der Waals surface area contributed by atoms with Gasteiger partial charge >= 0.3 is 0 Å². The topological polar surface area (TPSA) is 52.9 Å². The number of hydrogen-bond donors (Lipinski definition) is 2. The van der Waals surface area contributed by atoms with Gasteiger partial charge in [0.05, 0.1) is 19.3 Å². The third-order valence-corrected chi connectivity index (χ3v) is 3.41. The van der Waals surface area contributed by atoms with E-state index in [0.29, 0.717) is 19.6 Å². The number of aliphatic hydroxyl groups excluding tert-OH is 2. The average Bonchev–Trinajstić information content (AvgIpc) is 2.45. The van der Waals surface area contributed by atoms with Crippen molar-refractivity contribution in [3.8, 4) is 5.75 Å². The molecule has 4 heteroatoms. The summed E-state index contributed by atoms with van der Waals surface area (Å²) >= 11 is 0. The molecule has 20 heavy (non-hydrogen) atoms. The molecule has 114 valence electrons. The minimum Gasteiger partial charge on any atom is -0.493 e. The Hall–Kier alpha value is -1.10. The average molecular weight is 281 g/mol. The van der Waals surface area contributed by atoms with E-state index in [1.54, 1.807) is 0 Å². The summed E-state index contributed by atoms with van der Waals surface area (Å²) in [7, 11) is 0. The van der Waals surface area contributed by atoms with Gasteiger partial charge in [-0.2, -0.15) is 0 Å². The highest BCUT2D eigenvalue weighted by Gasteiger charge is 2.15. The molecule has 0 aliphatic rings. The van der Waals surface area contributed by atoms with Crippen LogP contribution in [-0.4, -0.2) is 48.0 Å². The molecule has 0 aliphatic heterocycles. The Morgan fingerprint density at radius 2 is 2.00 bits per heavy atom. The Balaban J connectivity index is 2.70. The standard InChI is InChI=1S/C16H27NO3/c1-4-17(10-11-18)9-8-15(19)14-12-13(3)6-7-16(14)20-5-2/h6-7,12,15,18-19H,4-5,8-11H2,1-3H3. The highest BCUT2D eigenvalue weighted by molar-refractivity contribution is 5.38. The van der Waals surface area contributed by atoms with E-state index >= 15 is 0 Å². The van der Waals surface area contributed by atoms with Crippen LogP contribution in [0.25, 0.3) is 0 Å². The summed E-state index contributed by atoms with van der Waals surface area (Å²) in [6.45, 7) is 9.03. The number of benzene rings is 1. The van der Waals surface area contributed by atoms with Gasteiger partial charge in [-0.3, -0.25) is 0 Å². The van der Waals surface area contributed by atoms with E-state index in [0.717, 1.165) is 30.0 Å². The minimum absolute atomic E-state index is 0.151. The molecule has 2 N–H and O–H groups in total. The van der Waals surface area contributed by atoms with Gasteiger partial charge in [0.25, 0.3) is 0 Å². The van der Waals surface area contributed by atoms with Crippen molar-refractivity contribution in [1.29, 1.82) is 0 Å². The predicted molar refractivity (Wildman–Crippen MR) is 81.1 cm³/mol. The quantitative estimate of drug-likeness (QED) is 0.728. The van der Waals surface area contributed by atoms with E-state index in [9.17, 15) is 5.11 Å². The minimum atomic E-state index is -0.538. The van der Waals surface area contributed by atoms with Gasteiger partial charge in [0.15, 0.2) is 0 Å². The highest BCUT2D eigenvalue weighted by atomic mass is 16.5. The zero-order valence-corrected chi connectivity index (χ0v) is 12.8. The summed E-state index contributed by atoms with van der Waals surface area (Å²) in [4.78, 5) is 2.12. The van der Waals surface area contributed by atoms with Crippen molar-refractivity contribution in [3.63, 3.8) is 0 Å². The van der Waals surface area contributed by atoms with Gasteiger partial charge in [0.2, 0.25) is 0 Å².